The van der Waals surface area contributed by atoms with Gasteiger partial charge in [-0.2, -0.15) is 0 Å². The molecule has 0 N–H and O–H groups in total. The standard InChI is InChI=1S/C22H26N2O7/c1-20(2,3)30-19(28)23-10-13-11-29-21(4,5)22(13,12-23)18(27)31-24-16(25)14-8-6-7-9-15(14)17(24)26/h6-9,13H,10-12H2,1-5H3. The largest absolute Gasteiger partial charge is 0.444 e. The fourth-order valence-corrected chi connectivity index (χ4v) is 4.59. The number of benzene rings is 1. The van der Waals surface area contributed by atoms with Gasteiger partial charge in [0.2, 0.25) is 0 Å². The normalized spacial score (nSPS) is 26.7. The van der Waals surface area contributed by atoms with Crippen LogP contribution in [0.15, 0.2) is 24.3 Å². The molecule has 1 aromatic rings. The minimum absolute atomic E-state index is 0.00157. The van der Waals surface area contributed by atoms with Crippen molar-refractivity contribution in [1.29, 1.82) is 0 Å². The molecule has 2 fully saturated rings. The molecule has 166 valence electrons. The van der Waals surface area contributed by atoms with Crippen LogP contribution in [0.25, 0.3) is 0 Å². The number of carbonyl (C=O) groups excluding carboxylic acids is 4. The van der Waals surface area contributed by atoms with E-state index < -0.39 is 40.5 Å². The number of likely N-dealkylation sites (tertiary alicyclic amines) is 1. The summed E-state index contributed by atoms with van der Waals surface area (Å²) in [6, 6.07) is 6.28. The van der Waals surface area contributed by atoms with Crippen LogP contribution in [0, 0.1) is 11.3 Å². The van der Waals surface area contributed by atoms with Crippen molar-refractivity contribution in [2.24, 2.45) is 11.3 Å². The van der Waals surface area contributed by atoms with Gasteiger partial charge in [0.05, 0.1) is 23.3 Å². The van der Waals surface area contributed by atoms with E-state index in [0.29, 0.717) is 5.06 Å². The Hall–Kier alpha value is -2.94. The minimum Gasteiger partial charge on any atom is -0.444 e. The van der Waals surface area contributed by atoms with Crippen LogP contribution in [0.4, 0.5) is 4.79 Å². The summed E-state index contributed by atoms with van der Waals surface area (Å²) in [5.74, 6) is -2.53. The predicted molar refractivity (Wildman–Crippen MR) is 107 cm³/mol. The lowest BCUT2D eigenvalue weighted by Gasteiger charge is -2.37. The summed E-state index contributed by atoms with van der Waals surface area (Å²) in [6.45, 7) is 9.27. The number of hydroxylamine groups is 2. The summed E-state index contributed by atoms with van der Waals surface area (Å²) in [4.78, 5) is 58.3. The number of nitrogens with zero attached hydrogens (tertiary/aromatic N) is 2. The average molecular weight is 430 g/mol. The highest BCUT2D eigenvalue weighted by atomic mass is 16.7. The summed E-state index contributed by atoms with van der Waals surface area (Å²) in [5.41, 5.74) is -2.56. The lowest BCUT2D eigenvalue weighted by atomic mass is 9.69. The van der Waals surface area contributed by atoms with Crippen molar-refractivity contribution < 1.29 is 33.5 Å². The van der Waals surface area contributed by atoms with E-state index in [1.807, 2.05) is 0 Å². The predicted octanol–water partition coefficient (Wildman–Crippen LogP) is 2.40. The third-order valence-electron chi connectivity index (χ3n) is 6.24. The van der Waals surface area contributed by atoms with Gasteiger partial charge in [-0.25, -0.2) is 9.59 Å². The highest BCUT2D eigenvalue weighted by Gasteiger charge is 2.68. The molecule has 0 bridgehead atoms. The maximum absolute atomic E-state index is 13.5. The molecule has 0 aliphatic carbocycles. The second-order valence-corrected chi connectivity index (χ2v) is 9.68. The molecule has 3 aliphatic rings. The van der Waals surface area contributed by atoms with Crippen LogP contribution in [0.5, 0.6) is 0 Å². The summed E-state index contributed by atoms with van der Waals surface area (Å²) in [7, 11) is 0. The van der Waals surface area contributed by atoms with Gasteiger partial charge in [0.25, 0.3) is 11.8 Å². The molecular weight excluding hydrogens is 404 g/mol. The van der Waals surface area contributed by atoms with Crippen molar-refractivity contribution in [3.8, 4) is 0 Å². The SMILES string of the molecule is CC(C)(C)OC(=O)N1CC2COC(C)(C)C2(C(=O)ON2C(=O)c3ccccc3C2=O)C1. The molecule has 0 spiro atoms. The van der Waals surface area contributed by atoms with Crippen LogP contribution < -0.4 is 0 Å². The first-order valence-electron chi connectivity index (χ1n) is 10.2. The van der Waals surface area contributed by atoms with E-state index in [2.05, 4.69) is 0 Å². The number of imide groups is 1. The summed E-state index contributed by atoms with van der Waals surface area (Å²) in [6.07, 6.45) is -0.536. The second kappa shape index (κ2) is 6.78. The molecule has 2 unspecified atom stereocenters. The first-order valence-corrected chi connectivity index (χ1v) is 10.2. The van der Waals surface area contributed by atoms with E-state index in [9.17, 15) is 19.2 Å². The van der Waals surface area contributed by atoms with Gasteiger partial charge in [-0.3, -0.25) is 9.59 Å². The molecule has 4 rings (SSSR count). The second-order valence-electron chi connectivity index (χ2n) is 9.68. The Balaban J connectivity index is 1.60. The molecule has 9 nitrogen and oxygen atoms in total. The Morgan fingerprint density at radius 3 is 2.23 bits per heavy atom. The summed E-state index contributed by atoms with van der Waals surface area (Å²) < 4.78 is 11.3. The van der Waals surface area contributed by atoms with Gasteiger partial charge in [0.15, 0.2) is 0 Å². The molecular formula is C22H26N2O7. The number of ether oxygens (including phenoxy) is 2. The fourth-order valence-electron chi connectivity index (χ4n) is 4.59. The molecule has 3 heterocycles. The molecule has 3 aliphatic heterocycles. The number of hydrogen-bond acceptors (Lipinski definition) is 7. The van der Waals surface area contributed by atoms with Gasteiger partial charge >= 0.3 is 12.1 Å². The van der Waals surface area contributed by atoms with E-state index in [4.69, 9.17) is 14.3 Å². The van der Waals surface area contributed by atoms with Crippen LogP contribution in [-0.4, -0.2) is 64.7 Å². The summed E-state index contributed by atoms with van der Waals surface area (Å²) in [5, 5.41) is 0.503. The molecule has 0 radical (unpaired) electrons. The number of rotatable bonds is 2. The van der Waals surface area contributed by atoms with Crippen molar-refractivity contribution in [3.05, 3.63) is 35.4 Å². The lowest BCUT2D eigenvalue weighted by molar-refractivity contribution is -0.190. The zero-order valence-electron chi connectivity index (χ0n) is 18.3. The highest BCUT2D eigenvalue weighted by molar-refractivity contribution is 6.21. The molecule has 9 heteroatoms. The Labute approximate surface area is 180 Å². The Morgan fingerprint density at radius 2 is 1.68 bits per heavy atom. The Bertz CT molecular complexity index is 945. The monoisotopic (exact) mass is 430 g/mol. The van der Waals surface area contributed by atoms with Crippen molar-refractivity contribution >= 4 is 23.9 Å². The van der Waals surface area contributed by atoms with Crippen molar-refractivity contribution in [2.75, 3.05) is 19.7 Å². The number of amides is 3. The van der Waals surface area contributed by atoms with Crippen LogP contribution >= 0.6 is 0 Å². The van der Waals surface area contributed by atoms with Gasteiger partial charge in [0, 0.05) is 19.0 Å². The highest BCUT2D eigenvalue weighted by Crippen LogP contribution is 2.53. The third-order valence-corrected chi connectivity index (χ3v) is 6.24. The number of carbonyl (C=O) groups is 4. The van der Waals surface area contributed by atoms with Crippen LogP contribution in [0.3, 0.4) is 0 Å². The maximum Gasteiger partial charge on any atom is 0.410 e. The van der Waals surface area contributed by atoms with Gasteiger partial charge in [-0.15, -0.1) is 0 Å². The Morgan fingerprint density at radius 1 is 1.10 bits per heavy atom. The van der Waals surface area contributed by atoms with E-state index in [1.165, 1.54) is 17.0 Å². The van der Waals surface area contributed by atoms with Gasteiger partial charge in [-0.1, -0.05) is 17.2 Å². The number of fused-ring (bicyclic) bond motifs is 2. The molecule has 31 heavy (non-hydrogen) atoms. The van der Waals surface area contributed by atoms with Crippen LogP contribution in [-0.2, 0) is 19.1 Å². The van der Waals surface area contributed by atoms with E-state index in [-0.39, 0.29) is 36.7 Å². The summed E-state index contributed by atoms with van der Waals surface area (Å²) >= 11 is 0. The minimum atomic E-state index is -1.25. The quantitative estimate of drug-likeness (QED) is 0.664. The first-order chi connectivity index (χ1) is 14.4. The lowest BCUT2D eigenvalue weighted by Crippen LogP contribution is -2.54. The van der Waals surface area contributed by atoms with Gasteiger partial charge in [-0.05, 0) is 46.8 Å². The molecule has 2 saturated heterocycles. The van der Waals surface area contributed by atoms with E-state index in [1.54, 1.807) is 46.8 Å². The number of hydrogen-bond donors (Lipinski definition) is 0. The van der Waals surface area contributed by atoms with Gasteiger partial charge in [0.1, 0.15) is 11.0 Å². The maximum atomic E-state index is 13.5. The third kappa shape index (κ3) is 3.18. The van der Waals surface area contributed by atoms with Crippen LogP contribution in [0.1, 0.15) is 55.3 Å². The fraction of sp³-hybridized carbons (Fsp3) is 0.545. The molecule has 3 amide bonds. The van der Waals surface area contributed by atoms with E-state index >= 15 is 0 Å². The molecule has 2 atom stereocenters. The van der Waals surface area contributed by atoms with E-state index in [0.717, 1.165) is 0 Å². The zero-order valence-corrected chi connectivity index (χ0v) is 18.3. The first kappa shape index (κ1) is 21.3. The zero-order chi connectivity index (χ0) is 22.8. The van der Waals surface area contributed by atoms with Crippen molar-refractivity contribution in [1.82, 2.24) is 9.96 Å². The molecule has 1 aromatic carbocycles. The molecule has 0 aromatic heterocycles. The Kier molecular flexibility index (Phi) is 4.66. The topological polar surface area (TPSA) is 102 Å². The average Bonchev–Trinajstić information content (AvgIpc) is 3.27. The van der Waals surface area contributed by atoms with Crippen molar-refractivity contribution in [2.45, 2.75) is 45.8 Å². The van der Waals surface area contributed by atoms with Crippen LogP contribution in [0.2, 0.25) is 0 Å². The van der Waals surface area contributed by atoms with Crippen molar-refractivity contribution in [3.63, 3.8) is 0 Å². The molecule has 0 saturated carbocycles. The van der Waals surface area contributed by atoms with Gasteiger partial charge < -0.3 is 19.2 Å². The smallest absolute Gasteiger partial charge is 0.410 e.